The summed E-state index contributed by atoms with van der Waals surface area (Å²) in [5.41, 5.74) is 0.743. The van der Waals surface area contributed by atoms with Gasteiger partial charge >= 0.3 is 0 Å². The first kappa shape index (κ1) is 10.2. The van der Waals surface area contributed by atoms with E-state index in [1.807, 2.05) is 17.5 Å². The molecule has 0 aliphatic carbocycles. The van der Waals surface area contributed by atoms with Gasteiger partial charge in [0.2, 0.25) is 5.78 Å². The maximum absolute atomic E-state index is 11.8. The predicted molar refractivity (Wildman–Crippen MR) is 64.6 cm³/mol. The van der Waals surface area contributed by atoms with Gasteiger partial charge in [-0.25, -0.2) is 0 Å². The number of hydrogen-bond acceptors (Lipinski definition) is 3. The van der Waals surface area contributed by atoms with Crippen LogP contribution in [0.25, 0.3) is 0 Å². The van der Waals surface area contributed by atoms with E-state index in [1.54, 1.807) is 11.3 Å². The number of ether oxygens (including phenoxy) is 1. The Labute approximate surface area is 100 Å². The molecular formula is C10H9IO2S. The molecule has 14 heavy (non-hydrogen) atoms. The van der Waals surface area contributed by atoms with E-state index in [0.29, 0.717) is 12.4 Å². The Hall–Kier alpha value is -0.360. The molecule has 0 unspecified atom stereocenters. The summed E-state index contributed by atoms with van der Waals surface area (Å²) >= 11 is 3.79. The number of Topliss-reactive ketones (excluding diaryl/α,β-unsaturated/α-hetero) is 1. The average Bonchev–Trinajstić information content (AvgIpc) is 2.65. The Bertz CT molecular complexity index is 381. The van der Waals surface area contributed by atoms with Gasteiger partial charge in [-0.15, -0.1) is 11.3 Å². The van der Waals surface area contributed by atoms with Gasteiger partial charge in [0.05, 0.1) is 9.49 Å². The minimum atomic E-state index is 0.0175. The van der Waals surface area contributed by atoms with Gasteiger partial charge in [0.1, 0.15) is 0 Å². The fraction of sp³-hybridized carbons (Fsp3) is 0.300. The lowest BCUT2D eigenvalue weighted by molar-refractivity contribution is 0.0899. The van der Waals surface area contributed by atoms with Crippen molar-refractivity contribution in [3.8, 4) is 0 Å². The molecule has 1 aliphatic rings. The van der Waals surface area contributed by atoms with Crippen molar-refractivity contribution < 1.29 is 9.53 Å². The maximum atomic E-state index is 11.8. The van der Waals surface area contributed by atoms with Crippen LogP contribution in [0.5, 0.6) is 0 Å². The predicted octanol–water partition coefficient (Wildman–Crippen LogP) is 3.23. The van der Waals surface area contributed by atoms with E-state index in [0.717, 1.165) is 21.3 Å². The van der Waals surface area contributed by atoms with E-state index < -0.39 is 0 Å². The molecule has 2 heterocycles. The van der Waals surface area contributed by atoms with Crippen LogP contribution in [0.1, 0.15) is 23.2 Å². The standard InChI is InChI=1S/C10H9IO2S/c11-9-5-7(6-14-9)10(12)8-3-1-2-4-13-8/h3,5-6H,1-2,4H2. The zero-order valence-corrected chi connectivity index (χ0v) is 10.4. The molecule has 1 aromatic heterocycles. The lowest BCUT2D eigenvalue weighted by Crippen LogP contribution is -2.10. The van der Waals surface area contributed by atoms with Gasteiger partial charge in [-0.1, -0.05) is 0 Å². The van der Waals surface area contributed by atoms with Gasteiger partial charge in [-0.05, 0) is 47.6 Å². The summed E-state index contributed by atoms with van der Waals surface area (Å²) in [5, 5.41) is 1.88. The van der Waals surface area contributed by atoms with Crippen LogP contribution in [-0.2, 0) is 4.74 Å². The number of ketones is 1. The summed E-state index contributed by atoms with van der Waals surface area (Å²) in [6, 6.07) is 1.90. The summed E-state index contributed by atoms with van der Waals surface area (Å²) in [5.74, 6) is 0.536. The normalized spacial score (nSPS) is 15.9. The van der Waals surface area contributed by atoms with Gasteiger partial charge in [0.15, 0.2) is 5.76 Å². The third-order valence-corrected chi connectivity index (χ3v) is 3.78. The van der Waals surface area contributed by atoms with Crippen molar-refractivity contribution in [1.82, 2.24) is 0 Å². The van der Waals surface area contributed by atoms with E-state index in [-0.39, 0.29) is 5.78 Å². The van der Waals surface area contributed by atoms with Gasteiger partial charge in [-0.2, -0.15) is 0 Å². The molecule has 0 fully saturated rings. The lowest BCUT2D eigenvalue weighted by Gasteiger charge is -2.12. The van der Waals surface area contributed by atoms with Crippen molar-refractivity contribution >= 4 is 39.7 Å². The summed E-state index contributed by atoms with van der Waals surface area (Å²) in [4.78, 5) is 11.8. The molecule has 0 amide bonds. The van der Waals surface area contributed by atoms with Crippen molar-refractivity contribution in [2.24, 2.45) is 0 Å². The number of allylic oxidation sites excluding steroid dienone is 2. The number of halogens is 1. The molecule has 0 saturated heterocycles. The third kappa shape index (κ3) is 2.17. The van der Waals surface area contributed by atoms with Crippen LogP contribution in [0.4, 0.5) is 0 Å². The van der Waals surface area contributed by atoms with E-state index >= 15 is 0 Å². The number of carbonyl (C=O) groups is 1. The van der Waals surface area contributed by atoms with E-state index in [4.69, 9.17) is 4.74 Å². The molecule has 0 spiro atoms. The first-order valence-corrected chi connectivity index (χ1v) is 6.35. The number of carbonyl (C=O) groups excluding carboxylic acids is 1. The fourth-order valence-electron chi connectivity index (χ4n) is 1.29. The van der Waals surface area contributed by atoms with Crippen molar-refractivity contribution in [3.05, 3.63) is 31.7 Å². The monoisotopic (exact) mass is 320 g/mol. The summed E-state index contributed by atoms with van der Waals surface area (Å²) in [6.07, 6.45) is 3.84. The molecule has 0 aromatic carbocycles. The molecule has 0 saturated carbocycles. The molecule has 74 valence electrons. The highest BCUT2D eigenvalue weighted by molar-refractivity contribution is 14.1. The lowest BCUT2D eigenvalue weighted by atomic mass is 10.1. The second-order valence-corrected chi connectivity index (χ2v) is 5.83. The minimum absolute atomic E-state index is 0.0175. The van der Waals surface area contributed by atoms with Crippen LogP contribution in [0.2, 0.25) is 0 Å². The number of rotatable bonds is 2. The van der Waals surface area contributed by atoms with Crippen LogP contribution >= 0.6 is 33.9 Å². The SMILES string of the molecule is O=C(C1=CCCCO1)c1csc(I)c1. The van der Waals surface area contributed by atoms with Gasteiger partial charge in [-0.3, -0.25) is 4.79 Å². The molecule has 2 nitrogen and oxygen atoms in total. The Kier molecular flexibility index (Phi) is 3.22. The van der Waals surface area contributed by atoms with Crippen molar-refractivity contribution in [1.29, 1.82) is 0 Å². The van der Waals surface area contributed by atoms with Crippen LogP contribution < -0.4 is 0 Å². The zero-order valence-electron chi connectivity index (χ0n) is 7.46. The molecule has 0 N–H and O–H groups in total. The summed E-state index contributed by atoms with van der Waals surface area (Å²) in [7, 11) is 0. The molecule has 0 bridgehead atoms. The van der Waals surface area contributed by atoms with Crippen LogP contribution in [-0.4, -0.2) is 12.4 Å². The first-order valence-electron chi connectivity index (χ1n) is 4.39. The molecule has 4 heteroatoms. The van der Waals surface area contributed by atoms with E-state index in [1.165, 1.54) is 0 Å². The average molecular weight is 320 g/mol. The van der Waals surface area contributed by atoms with Crippen molar-refractivity contribution in [3.63, 3.8) is 0 Å². The van der Waals surface area contributed by atoms with Crippen LogP contribution in [0.3, 0.4) is 0 Å². The molecule has 0 radical (unpaired) electrons. The third-order valence-electron chi connectivity index (χ3n) is 1.99. The van der Waals surface area contributed by atoms with Gasteiger partial charge in [0, 0.05) is 10.9 Å². The highest BCUT2D eigenvalue weighted by Crippen LogP contribution is 2.21. The van der Waals surface area contributed by atoms with Crippen LogP contribution in [0, 0.1) is 2.88 Å². The Balaban J connectivity index is 2.19. The second-order valence-electron chi connectivity index (χ2n) is 3.03. The molecule has 2 rings (SSSR count). The van der Waals surface area contributed by atoms with Crippen LogP contribution in [0.15, 0.2) is 23.3 Å². The Morgan fingerprint density at radius 1 is 1.57 bits per heavy atom. The Morgan fingerprint density at radius 3 is 3.00 bits per heavy atom. The van der Waals surface area contributed by atoms with Crippen molar-refractivity contribution in [2.45, 2.75) is 12.8 Å². The summed E-state index contributed by atoms with van der Waals surface area (Å²) < 4.78 is 6.44. The number of hydrogen-bond donors (Lipinski definition) is 0. The molecule has 1 aliphatic heterocycles. The largest absolute Gasteiger partial charge is 0.490 e. The smallest absolute Gasteiger partial charge is 0.228 e. The molecular weight excluding hydrogens is 311 g/mol. The summed E-state index contributed by atoms with van der Waals surface area (Å²) in [6.45, 7) is 0.665. The maximum Gasteiger partial charge on any atom is 0.228 e. The fourth-order valence-corrected chi connectivity index (χ4v) is 2.61. The van der Waals surface area contributed by atoms with Gasteiger partial charge in [0.25, 0.3) is 0 Å². The van der Waals surface area contributed by atoms with E-state index in [9.17, 15) is 4.79 Å². The minimum Gasteiger partial charge on any atom is -0.490 e. The quantitative estimate of drug-likeness (QED) is 0.618. The first-order chi connectivity index (χ1) is 6.77. The molecule has 1 aromatic rings. The van der Waals surface area contributed by atoms with E-state index in [2.05, 4.69) is 22.6 Å². The second kappa shape index (κ2) is 4.44. The highest BCUT2D eigenvalue weighted by atomic mass is 127. The zero-order chi connectivity index (χ0) is 9.97. The Morgan fingerprint density at radius 2 is 2.43 bits per heavy atom. The molecule has 0 atom stereocenters. The number of thiophene rings is 1. The van der Waals surface area contributed by atoms with Crippen molar-refractivity contribution in [2.75, 3.05) is 6.61 Å². The topological polar surface area (TPSA) is 26.3 Å². The van der Waals surface area contributed by atoms with Gasteiger partial charge < -0.3 is 4.74 Å². The highest BCUT2D eigenvalue weighted by Gasteiger charge is 2.16.